The lowest BCUT2D eigenvalue weighted by Gasteiger charge is -2.16. The van der Waals surface area contributed by atoms with Crippen molar-refractivity contribution in [2.75, 3.05) is 14.1 Å². The van der Waals surface area contributed by atoms with Gasteiger partial charge in [0.1, 0.15) is 0 Å². The van der Waals surface area contributed by atoms with E-state index in [9.17, 15) is 8.42 Å². The van der Waals surface area contributed by atoms with Gasteiger partial charge in [0.05, 0.1) is 23.5 Å². The third-order valence-corrected chi connectivity index (χ3v) is 5.51. The molecule has 1 aromatic heterocycles. The highest BCUT2D eigenvalue weighted by atomic mass is 32.2. The Balaban J connectivity index is 2.02. The summed E-state index contributed by atoms with van der Waals surface area (Å²) >= 11 is 1.46. The van der Waals surface area contributed by atoms with Crippen LogP contribution in [-0.2, 0) is 28.9 Å². The SMILES string of the molecule is CNCc1ccc(CS(=O)(=O)N(C)Cc2cscn2)cc1. The van der Waals surface area contributed by atoms with Crippen LogP contribution in [0.15, 0.2) is 35.2 Å². The van der Waals surface area contributed by atoms with Gasteiger partial charge in [0.15, 0.2) is 0 Å². The molecule has 0 bridgehead atoms. The molecule has 0 aliphatic heterocycles. The quantitative estimate of drug-likeness (QED) is 0.843. The van der Waals surface area contributed by atoms with Crippen LogP contribution in [-0.4, -0.2) is 31.8 Å². The Labute approximate surface area is 129 Å². The number of hydrogen-bond donors (Lipinski definition) is 1. The molecule has 1 heterocycles. The highest BCUT2D eigenvalue weighted by Gasteiger charge is 2.19. The minimum Gasteiger partial charge on any atom is -0.316 e. The van der Waals surface area contributed by atoms with Crippen LogP contribution in [0.2, 0.25) is 0 Å². The van der Waals surface area contributed by atoms with Crippen LogP contribution in [0.4, 0.5) is 0 Å². The predicted molar refractivity (Wildman–Crippen MR) is 85.4 cm³/mol. The van der Waals surface area contributed by atoms with Crippen LogP contribution in [0.25, 0.3) is 0 Å². The Hall–Kier alpha value is -1.28. The third kappa shape index (κ3) is 4.60. The van der Waals surface area contributed by atoms with Gasteiger partial charge in [-0.2, -0.15) is 4.31 Å². The maximum atomic E-state index is 12.3. The fourth-order valence-corrected chi connectivity index (χ4v) is 3.63. The van der Waals surface area contributed by atoms with Crippen molar-refractivity contribution in [1.82, 2.24) is 14.6 Å². The standard InChI is InChI=1S/C14H19N3O2S2/c1-15-7-12-3-5-13(6-4-12)10-21(18,19)17(2)8-14-9-20-11-16-14/h3-6,9,11,15H,7-8,10H2,1-2H3. The van der Waals surface area contributed by atoms with E-state index >= 15 is 0 Å². The van der Waals surface area contributed by atoms with Crippen LogP contribution in [0.3, 0.4) is 0 Å². The van der Waals surface area contributed by atoms with Gasteiger partial charge >= 0.3 is 0 Å². The van der Waals surface area contributed by atoms with E-state index in [0.29, 0.717) is 6.54 Å². The van der Waals surface area contributed by atoms with Crippen LogP contribution in [0.5, 0.6) is 0 Å². The minimum absolute atomic E-state index is 0.00741. The van der Waals surface area contributed by atoms with Crippen LogP contribution in [0, 0.1) is 0 Å². The highest BCUT2D eigenvalue weighted by molar-refractivity contribution is 7.88. The van der Waals surface area contributed by atoms with Gasteiger partial charge in [-0.25, -0.2) is 13.4 Å². The Morgan fingerprint density at radius 3 is 2.48 bits per heavy atom. The van der Waals surface area contributed by atoms with Gasteiger partial charge in [0.2, 0.25) is 10.0 Å². The molecule has 1 N–H and O–H groups in total. The number of nitrogens with zero attached hydrogens (tertiary/aromatic N) is 2. The minimum atomic E-state index is -3.33. The van der Waals surface area contributed by atoms with Crippen molar-refractivity contribution in [3.05, 3.63) is 52.0 Å². The first-order valence-corrected chi connectivity index (χ1v) is 9.10. The molecular formula is C14H19N3O2S2. The second-order valence-electron chi connectivity index (χ2n) is 4.84. The van der Waals surface area contributed by atoms with E-state index in [4.69, 9.17) is 0 Å². The Morgan fingerprint density at radius 1 is 1.24 bits per heavy atom. The number of nitrogens with one attached hydrogen (secondary N) is 1. The second kappa shape index (κ2) is 7.13. The molecule has 1 aromatic carbocycles. The Morgan fingerprint density at radius 2 is 1.90 bits per heavy atom. The summed E-state index contributed by atoms with van der Waals surface area (Å²) in [4.78, 5) is 4.11. The van der Waals surface area contributed by atoms with E-state index in [2.05, 4.69) is 10.3 Å². The normalized spacial score (nSPS) is 12.0. The highest BCUT2D eigenvalue weighted by Crippen LogP contribution is 2.14. The van der Waals surface area contributed by atoms with Gasteiger partial charge in [-0.1, -0.05) is 24.3 Å². The summed E-state index contributed by atoms with van der Waals surface area (Å²) in [7, 11) is 0.136. The number of thiazole rings is 1. The molecule has 21 heavy (non-hydrogen) atoms. The molecule has 0 aliphatic carbocycles. The number of sulfonamides is 1. The zero-order valence-corrected chi connectivity index (χ0v) is 13.7. The number of benzene rings is 1. The maximum Gasteiger partial charge on any atom is 0.218 e. The summed E-state index contributed by atoms with van der Waals surface area (Å²) in [5, 5.41) is 4.92. The Kier molecular flexibility index (Phi) is 5.46. The number of rotatable bonds is 7. The van der Waals surface area contributed by atoms with Gasteiger partial charge in [-0.15, -0.1) is 11.3 Å². The number of aromatic nitrogens is 1. The fourth-order valence-electron chi connectivity index (χ4n) is 1.92. The largest absolute Gasteiger partial charge is 0.316 e. The first-order chi connectivity index (χ1) is 10.0. The average molecular weight is 325 g/mol. The van der Waals surface area contributed by atoms with Crippen molar-refractivity contribution in [2.24, 2.45) is 0 Å². The molecular weight excluding hydrogens is 306 g/mol. The van der Waals surface area contributed by atoms with Gasteiger partial charge in [0.25, 0.3) is 0 Å². The molecule has 0 saturated heterocycles. The Bertz CT molecular complexity index is 652. The van der Waals surface area contributed by atoms with E-state index < -0.39 is 10.0 Å². The molecule has 0 saturated carbocycles. The average Bonchev–Trinajstić information content (AvgIpc) is 2.94. The van der Waals surface area contributed by atoms with Gasteiger partial charge < -0.3 is 5.32 Å². The summed E-state index contributed by atoms with van der Waals surface area (Å²) in [5.74, 6) is 0.00741. The van der Waals surface area contributed by atoms with Crippen LogP contribution >= 0.6 is 11.3 Å². The van der Waals surface area contributed by atoms with E-state index in [1.165, 1.54) is 15.6 Å². The van der Waals surface area contributed by atoms with Crippen molar-refractivity contribution in [3.8, 4) is 0 Å². The van der Waals surface area contributed by atoms with Crippen molar-refractivity contribution < 1.29 is 8.42 Å². The first kappa shape index (κ1) is 16.1. The van der Waals surface area contributed by atoms with Crippen molar-refractivity contribution in [2.45, 2.75) is 18.8 Å². The topological polar surface area (TPSA) is 62.3 Å². The molecule has 114 valence electrons. The summed E-state index contributed by atoms with van der Waals surface area (Å²) in [6.45, 7) is 1.08. The molecule has 0 unspecified atom stereocenters. The molecule has 0 atom stereocenters. The monoisotopic (exact) mass is 325 g/mol. The number of hydrogen-bond acceptors (Lipinski definition) is 5. The zero-order valence-electron chi connectivity index (χ0n) is 12.1. The van der Waals surface area contributed by atoms with Gasteiger partial charge in [0, 0.05) is 19.0 Å². The molecule has 0 fully saturated rings. The molecule has 2 aromatic rings. The van der Waals surface area contributed by atoms with Crippen LogP contribution < -0.4 is 5.32 Å². The van der Waals surface area contributed by atoms with Gasteiger partial charge in [-0.3, -0.25) is 0 Å². The van der Waals surface area contributed by atoms with Crippen molar-refractivity contribution in [3.63, 3.8) is 0 Å². The van der Waals surface area contributed by atoms with E-state index in [0.717, 1.165) is 23.4 Å². The third-order valence-electron chi connectivity index (χ3n) is 3.10. The molecule has 0 amide bonds. The van der Waals surface area contributed by atoms with Crippen molar-refractivity contribution >= 4 is 21.4 Å². The van der Waals surface area contributed by atoms with Crippen molar-refractivity contribution in [1.29, 1.82) is 0 Å². The molecule has 5 nitrogen and oxygen atoms in total. The molecule has 0 spiro atoms. The second-order valence-corrected chi connectivity index (χ2v) is 7.63. The summed E-state index contributed by atoms with van der Waals surface area (Å²) in [6, 6.07) is 7.62. The van der Waals surface area contributed by atoms with E-state index in [1.54, 1.807) is 12.6 Å². The molecule has 0 radical (unpaired) electrons. The summed E-state index contributed by atoms with van der Waals surface area (Å²) < 4.78 is 26.0. The van der Waals surface area contributed by atoms with Crippen LogP contribution in [0.1, 0.15) is 16.8 Å². The molecule has 0 aliphatic rings. The first-order valence-electron chi connectivity index (χ1n) is 6.55. The maximum absolute atomic E-state index is 12.3. The lowest BCUT2D eigenvalue weighted by molar-refractivity contribution is 0.462. The smallest absolute Gasteiger partial charge is 0.218 e. The zero-order chi connectivity index (χ0) is 15.3. The molecule has 2 rings (SSSR count). The summed E-state index contributed by atoms with van der Waals surface area (Å²) in [6.07, 6.45) is 0. The summed E-state index contributed by atoms with van der Waals surface area (Å²) in [5.41, 5.74) is 4.40. The van der Waals surface area contributed by atoms with Gasteiger partial charge in [-0.05, 0) is 18.2 Å². The lowest BCUT2D eigenvalue weighted by Crippen LogP contribution is -2.27. The van der Waals surface area contributed by atoms with E-state index in [-0.39, 0.29) is 5.75 Å². The van der Waals surface area contributed by atoms with E-state index in [1.807, 2.05) is 36.7 Å². The lowest BCUT2D eigenvalue weighted by atomic mass is 10.1. The fraction of sp³-hybridized carbons (Fsp3) is 0.357. The predicted octanol–water partition coefficient (Wildman–Crippen LogP) is 1.82. The molecule has 7 heteroatoms.